The van der Waals surface area contributed by atoms with Crippen LogP contribution in [0, 0.1) is 0 Å². The Bertz CT molecular complexity index is 840. The molecule has 0 saturated carbocycles. The number of carbonyl (C=O) groups excluding carboxylic acids is 1. The van der Waals surface area contributed by atoms with Crippen molar-refractivity contribution in [3.8, 4) is 0 Å². The number of halogens is 1. The number of anilines is 1. The molecule has 3 aromatic rings. The summed E-state index contributed by atoms with van der Waals surface area (Å²) >= 11 is 5.97. The smallest absolute Gasteiger partial charge is 0.256 e. The molecule has 0 radical (unpaired) electrons. The maximum absolute atomic E-state index is 12.8. The highest BCUT2D eigenvalue weighted by Crippen LogP contribution is 2.22. The van der Waals surface area contributed by atoms with Crippen molar-refractivity contribution >= 4 is 34.8 Å². The van der Waals surface area contributed by atoms with E-state index >= 15 is 0 Å². The van der Waals surface area contributed by atoms with Gasteiger partial charge in [-0.3, -0.25) is 4.79 Å². The lowest BCUT2D eigenvalue weighted by Crippen LogP contribution is -2.13. The van der Waals surface area contributed by atoms with Crippen LogP contribution < -0.4 is 5.32 Å². The predicted molar refractivity (Wildman–Crippen MR) is 101 cm³/mol. The molecule has 0 spiro atoms. The first-order chi connectivity index (χ1) is 11.7. The van der Waals surface area contributed by atoms with Gasteiger partial charge in [-0.2, -0.15) is 0 Å². The average Bonchev–Trinajstić information content (AvgIpc) is 2.62. The number of rotatable bonds is 4. The number of hydrogen-bond donors (Lipinski definition) is 1. The number of benzene rings is 3. The summed E-state index contributed by atoms with van der Waals surface area (Å²) in [5, 5.41) is 3.58. The minimum absolute atomic E-state index is 0.160. The topological polar surface area (TPSA) is 29.1 Å². The van der Waals surface area contributed by atoms with E-state index in [-0.39, 0.29) is 5.91 Å². The molecular formula is C21H16ClNO. The molecule has 0 bridgehead atoms. The molecule has 0 aliphatic carbocycles. The summed E-state index contributed by atoms with van der Waals surface area (Å²) in [7, 11) is 0. The molecule has 3 rings (SSSR count). The molecule has 0 aliphatic heterocycles. The summed E-state index contributed by atoms with van der Waals surface area (Å²) in [4.78, 5) is 12.8. The highest BCUT2D eigenvalue weighted by atomic mass is 35.5. The maximum Gasteiger partial charge on any atom is 0.256 e. The molecule has 0 atom stereocenters. The number of para-hydroxylation sites is 1. The number of amides is 1. The molecule has 2 nitrogen and oxygen atoms in total. The number of hydrogen-bond acceptors (Lipinski definition) is 1. The van der Waals surface area contributed by atoms with E-state index in [0.29, 0.717) is 10.6 Å². The minimum Gasteiger partial charge on any atom is -0.322 e. The minimum atomic E-state index is -0.160. The molecule has 1 N–H and O–H groups in total. The lowest BCUT2D eigenvalue weighted by molar-refractivity contribution is -0.111. The van der Waals surface area contributed by atoms with E-state index in [4.69, 9.17) is 11.6 Å². The highest BCUT2D eigenvalue weighted by Gasteiger charge is 2.12. The van der Waals surface area contributed by atoms with Crippen molar-refractivity contribution in [2.75, 3.05) is 5.32 Å². The van der Waals surface area contributed by atoms with Gasteiger partial charge in [0.2, 0.25) is 0 Å². The van der Waals surface area contributed by atoms with Gasteiger partial charge in [0.15, 0.2) is 0 Å². The first kappa shape index (κ1) is 16.0. The number of carbonyl (C=O) groups is 1. The first-order valence-corrected chi connectivity index (χ1v) is 7.99. The van der Waals surface area contributed by atoms with Gasteiger partial charge in [-0.25, -0.2) is 0 Å². The fourth-order valence-corrected chi connectivity index (χ4v) is 2.47. The second-order valence-corrected chi connectivity index (χ2v) is 5.73. The van der Waals surface area contributed by atoms with Crippen molar-refractivity contribution in [3.05, 3.63) is 101 Å². The van der Waals surface area contributed by atoms with E-state index < -0.39 is 0 Å². The van der Waals surface area contributed by atoms with E-state index in [1.807, 2.05) is 78.9 Å². The quantitative estimate of drug-likeness (QED) is 0.494. The standard InChI is InChI=1S/C21H16ClNO/c22-18-13-11-17(12-14-18)20(15-16-7-3-1-4-8-16)21(24)23-19-9-5-2-6-10-19/h1-15H,(H,23,24)/b20-15+. The van der Waals surface area contributed by atoms with Crippen LogP contribution >= 0.6 is 11.6 Å². The van der Waals surface area contributed by atoms with Crippen LogP contribution in [0.2, 0.25) is 5.02 Å². The zero-order valence-corrected chi connectivity index (χ0v) is 13.7. The molecule has 0 aliphatic rings. The summed E-state index contributed by atoms with van der Waals surface area (Å²) in [6.07, 6.45) is 1.88. The molecule has 3 aromatic carbocycles. The fourth-order valence-electron chi connectivity index (χ4n) is 2.35. The third-order valence-corrected chi connectivity index (χ3v) is 3.79. The van der Waals surface area contributed by atoms with Crippen LogP contribution in [-0.4, -0.2) is 5.91 Å². The van der Waals surface area contributed by atoms with Crippen LogP contribution in [0.25, 0.3) is 11.6 Å². The van der Waals surface area contributed by atoms with Gasteiger partial charge in [0.1, 0.15) is 0 Å². The Morgan fingerprint density at radius 3 is 2.00 bits per heavy atom. The van der Waals surface area contributed by atoms with Crippen molar-refractivity contribution in [2.24, 2.45) is 0 Å². The second-order valence-electron chi connectivity index (χ2n) is 5.30. The van der Waals surface area contributed by atoms with Gasteiger partial charge < -0.3 is 5.32 Å². The Kier molecular flexibility index (Phi) is 5.09. The van der Waals surface area contributed by atoms with Crippen LogP contribution in [0.1, 0.15) is 11.1 Å². The normalized spacial score (nSPS) is 11.1. The molecule has 118 valence electrons. The molecule has 0 unspecified atom stereocenters. The van der Waals surface area contributed by atoms with Crippen molar-refractivity contribution in [3.63, 3.8) is 0 Å². The van der Waals surface area contributed by atoms with Crippen LogP contribution in [0.3, 0.4) is 0 Å². The summed E-state index contributed by atoms with van der Waals surface area (Å²) in [6, 6.07) is 26.4. The van der Waals surface area contributed by atoms with Gasteiger partial charge in [-0.1, -0.05) is 72.3 Å². The lowest BCUT2D eigenvalue weighted by atomic mass is 10.0. The largest absolute Gasteiger partial charge is 0.322 e. The summed E-state index contributed by atoms with van der Waals surface area (Å²) in [5.74, 6) is -0.160. The molecule has 3 heteroatoms. The van der Waals surface area contributed by atoms with Crippen molar-refractivity contribution in [1.82, 2.24) is 0 Å². The SMILES string of the molecule is O=C(Nc1ccccc1)/C(=C/c1ccccc1)c1ccc(Cl)cc1. The highest BCUT2D eigenvalue weighted by molar-refractivity contribution is 6.31. The van der Waals surface area contributed by atoms with Gasteiger partial charge in [-0.15, -0.1) is 0 Å². The van der Waals surface area contributed by atoms with Crippen molar-refractivity contribution < 1.29 is 4.79 Å². The van der Waals surface area contributed by atoms with Gasteiger partial charge in [0.05, 0.1) is 0 Å². The Hall–Kier alpha value is -2.84. The Morgan fingerprint density at radius 2 is 1.38 bits per heavy atom. The molecule has 0 saturated heterocycles. The van der Waals surface area contributed by atoms with E-state index in [1.165, 1.54) is 0 Å². The number of nitrogens with one attached hydrogen (secondary N) is 1. The van der Waals surface area contributed by atoms with Crippen molar-refractivity contribution in [1.29, 1.82) is 0 Å². The zero-order chi connectivity index (χ0) is 16.8. The molecule has 0 fully saturated rings. The zero-order valence-electron chi connectivity index (χ0n) is 12.9. The summed E-state index contributed by atoms with van der Waals surface area (Å²) < 4.78 is 0. The molecular weight excluding hydrogens is 318 g/mol. The first-order valence-electron chi connectivity index (χ1n) is 7.61. The molecule has 0 heterocycles. The maximum atomic E-state index is 12.8. The Balaban J connectivity index is 1.97. The molecule has 1 amide bonds. The van der Waals surface area contributed by atoms with Gasteiger partial charge in [0, 0.05) is 16.3 Å². The summed E-state index contributed by atoms with van der Waals surface area (Å²) in [6.45, 7) is 0. The van der Waals surface area contributed by atoms with Crippen LogP contribution in [0.4, 0.5) is 5.69 Å². The molecule has 0 aromatic heterocycles. The van der Waals surface area contributed by atoms with Crippen LogP contribution in [0.15, 0.2) is 84.9 Å². The monoisotopic (exact) mass is 333 g/mol. The average molecular weight is 334 g/mol. The van der Waals surface area contributed by atoms with Gasteiger partial charge in [-0.05, 0) is 41.5 Å². The predicted octanol–water partition coefficient (Wildman–Crippen LogP) is 5.52. The Labute approximate surface area is 146 Å². The fraction of sp³-hybridized carbons (Fsp3) is 0. The van der Waals surface area contributed by atoms with Gasteiger partial charge >= 0.3 is 0 Å². The van der Waals surface area contributed by atoms with E-state index in [1.54, 1.807) is 12.1 Å². The van der Waals surface area contributed by atoms with Gasteiger partial charge in [0.25, 0.3) is 5.91 Å². The van der Waals surface area contributed by atoms with Crippen molar-refractivity contribution in [2.45, 2.75) is 0 Å². The lowest BCUT2D eigenvalue weighted by Gasteiger charge is -2.10. The van der Waals surface area contributed by atoms with Crippen LogP contribution in [-0.2, 0) is 4.79 Å². The van der Waals surface area contributed by atoms with Crippen LogP contribution in [0.5, 0.6) is 0 Å². The van der Waals surface area contributed by atoms with E-state index in [9.17, 15) is 4.79 Å². The van der Waals surface area contributed by atoms with E-state index in [2.05, 4.69) is 5.32 Å². The Morgan fingerprint density at radius 1 is 0.792 bits per heavy atom. The third kappa shape index (κ3) is 4.12. The molecule has 24 heavy (non-hydrogen) atoms. The van der Waals surface area contributed by atoms with E-state index in [0.717, 1.165) is 16.8 Å². The third-order valence-electron chi connectivity index (χ3n) is 3.54. The summed E-state index contributed by atoms with van der Waals surface area (Å²) in [5.41, 5.74) is 3.12. The second kappa shape index (κ2) is 7.62.